The van der Waals surface area contributed by atoms with Crippen LogP contribution in [0.3, 0.4) is 0 Å². The highest BCUT2D eigenvalue weighted by molar-refractivity contribution is 5.77. The van der Waals surface area contributed by atoms with Gasteiger partial charge in [-0.15, -0.1) is 0 Å². The standard InChI is InChI=1S/C81H152N2O21/c1-4-6-8-10-12-14-16-18-20-22-24-26-27-28-29-30-31-32-33-35-37-39-41-43-45-47-49-51-53-55-68(91)83-62(63(88)54-52-50-48-46-44-42-40-38-36-34-25-23-21-19-17-15-13-11-9-7-5-2)60-99-78-73(95)72(94)75(67(59-86)101-78)102-79-74(96)77(71(93)66(58-85)100-79)104-81(80(97)98)56-64(89)69(82-61(3)87)76(103-81)70(92)65(90)57-84/h52,54,62-67,69-79,84-86,88-90,92-96H,4-51,53,55-60H2,1-3H3,(H,82,87)(H,83,91)(H,97,98)/b54-52+. The molecule has 23 nitrogen and oxygen atoms in total. The van der Waals surface area contributed by atoms with E-state index in [1.807, 2.05) is 6.08 Å². The molecular formula is C81H152N2O21. The number of nitrogens with one attached hydrogen (secondary N) is 2. The molecule has 104 heavy (non-hydrogen) atoms. The molecule has 0 radical (unpaired) electrons. The van der Waals surface area contributed by atoms with Gasteiger partial charge < -0.3 is 100 Å². The summed E-state index contributed by atoms with van der Waals surface area (Å²) in [6, 6.07) is -2.62. The van der Waals surface area contributed by atoms with Crippen LogP contribution < -0.4 is 10.6 Å². The summed E-state index contributed by atoms with van der Waals surface area (Å²) < 4.78 is 34.9. The Hall–Kier alpha value is -2.53. The number of aliphatic hydroxyl groups excluding tert-OH is 11. The van der Waals surface area contributed by atoms with Gasteiger partial charge in [0.05, 0.1) is 50.7 Å². The molecule has 0 spiro atoms. The van der Waals surface area contributed by atoms with Crippen LogP contribution in [0.4, 0.5) is 0 Å². The molecule has 14 N–H and O–H groups in total. The van der Waals surface area contributed by atoms with Crippen LogP contribution in [0.15, 0.2) is 12.2 Å². The minimum absolute atomic E-state index is 0.206. The molecule has 0 aromatic heterocycles. The van der Waals surface area contributed by atoms with E-state index in [1.54, 1.807) is 6.08 Å². The maximum atomic E-state index is 13.6. The van der Waals surface area contributed by atoms with Gasteiger partial charge in [0, 0.05) is 19.8 Å². The minimum atomic E-state index is -3.08. The van der Waals surface area contributed by atoms with E-state index < -0.39 is 155 Å². The number of carbonyl (C=O) groups is 3. The molecule has 612 valence electrons. The molecular weight excluding hydrogens is 1340 g/mol. The van der Waals surface area contributed by atoms with Crippen molar-refractivity contribution in [2.75, 3.05) is 26.4 Å². The number of aliphatic hydroxyl groups is 11. The van der Waals surface area contributed by atoms with Crippen molar-refractivity contribution in [2.45, 2.75) is 458 Å². The summed E-state index contributed by atoms with van der Waals surface area (Å²) in [4.78, 5) is 38.7. The van der Waals surface area contributed by atoms with Gasteiger partial charge in [-0.1, -0.05) is 321 Å². The molecule has 3 saturated heterocycles. The molecule has 0 saturated carbocycles. The monoisotopic (exact) mass is 1490 g/mol. The second-order valence-electron chi connectivity index (χ2n) is 30.7. The third-order valence-corrected chi connectivity index (χ3v) is 21.5. The Kier molecular flexibility index (Phi) is 55.4. The number of aliphatic carboxylic acids is 1. The average molecular weight is 1490 g/mol. The number of ether oxygens (including phenoxy) is 6. The van der Waals surface area contributed by atoms with Gasteiger partial charge in [0.25, 0.3) is 5.79 Å². The lowest BCUT2D eigenvalue weighted by Gasteiger charge is -2.50. The molecule has 23 heteroatoms. The Morgan fingerprint density at radius 1 is 0.500 bits per heavy atom. The van der Waals surface area contributed by atoms with Gasteiger partial charge in [-0.3, -0.25) is 9.59 Å². The summed E-state index contributed by atoms with van der Waals surface area (Å²) in [7, 11) is 0. The number of hydrogen-bond donors (Lipinski definition) is 14. The summed E-state index contributed by atoms with van der Waals surface area (Å²) in [6.45, 7) is 2.21. The number of carboxylic acids is 1. The van der Waals surface area contributed by atoms with E-state index in [-0.39, 0.29) is 12.3 Å². The zero-order valence-electron chi connectivity index (χ0n) is 64.9. The number of hydrogen-bond acceptors (Lipinski definition) is 20. The zero-order chi connectivity index (χ0) is 76.0. The normalized spacial score (nSPS) is 26.4. The molecule has 2 amide bonds. The zero-order valence-corrected chi connectivity index (χ0v) is 64.9. The maximum Gasteiger partial charge on any atom is 0.364 e. The van der Waals surface area contributed by atoms with Crippen LogP contribution in [-0.4, -0.2) is 215 Å². The van der Waals surface area contributed by atoms with Crippen LogP contribution in [0.5, 0.6) is 0 Å². The molecule has 0 aromatic carbocycles. The quantitative estimate of drug-likeness (QED) is 0.0199. The molecule has 3 aliphatic heterocycles. The summed E-state index contributed by atoms with van der Waals surface area (Å²) in [6.07, 6.45) is 36.8. The van der Waals surface area contributed by atoms with Crippen molar-refractivity contribution >= 4 is 17.8 Å². The molecule has 3 aliphatic rings. The van der Waals surface area contributed by atoms with Crippen LogP contribution in [0, 0.1) is 0 Å². The Labute approximate surface area is 626 Å². The first kappa shape index (κ1) is 95.7. The van der Waals surface area contributed by atoms with E-state index in [4.69, 9.17) is 28.4 Å². The molecule has 3 rings (SSSR count). The van der Waals surface area contributed by atoms with Crippen molar-refractivity contribution in [3.8, 4) is 0 Å². The van der Waals surface area contributed by atoms with E-state index in [1.165, 1.54) is 257 Å². The lowest BCUT2D eigenvalue weighted by atomic mass is 9.88. The first-order chi connectivity index (χ1) is 50.4. The molecule has 0 bridgehead atoms. The van der Waals surface area contributed by atoms with E-state index >= 15 is 0 Å². The fraction of sp³-hybridized carbons (Fsp3) is 0.938. The molecule has 0 aliphatic carbocycles. The highest BCUT2D eigenvalue weighted by Gasteiger charge is 2.60. The van der Waals surface area contributed by atoms with E-state index in [9.17, 15) is 75.7 Å². The Morgan fingerprint density at radius 3 is 1.28 bits per heavy atom. The number of allylic oxidation sites excluding steroid dienone is 1. The predicted molar refractivity (Wildman–Crippen MR) is 403 cm³/mol. The smallest absolute Gasteiger partial charge is 0.364 e. The van der Waals surface area contributed by atoms with E-state index in [0.29, 0.717) is 12.8 Å². The van der Waals surface area contributed by atoms with Crippen molar-refractivity contribution in [2.24, 2.45) is 0 Å². The fourth-order valence-electron chi connectivity index (χ4n) is 14.8. The number of carbonyl (C=O) groups excluding carboxylic acids is 2. The SMILES string of the molecule is CCCCCCCCCCCCCCCCCCCCC/C=C/C(O)C(COC1OC(CO)C(OC2OC(CO)C(O)C(OC3(C(=O)O)CC(O)C(NC(C)=O)C(C(O)C(O)CO)O3)C2O)C(O)C1O)NC(=O)CCCCCCCCCCCCCCCCCCCCCCCCCCCCCCC. The largest absolute Gasteiger partial charge is 0.477 e. The molecule has 18 unspecified atom stereocenters. The Balaban J connectivity index is 1.49. The molecule has 0 aromatic rings. The van der Waals surface area contributed by atoms with Crippen LogP contribution in [0.25, 0.3) is 0 Å². The number of rotatable bonds is 67. The fourth-order valence-corrected chi connectivity index (χ4v) is 14.8. The van der Waals surface area contributed by atoms with Crippen LogP contribution in [0.2, 0.25) is 0 Å². The highest BCUT2D eigenvalue weighted by Crippen LogP contribution is 2.39. The van der Waals surface area contributed by atoms with Crippen LogP contribution >= 0.6 is 0 Å². The van der Waals surface area contributed by atoms with Gasteiger partial charge in [0.1, 0.15) is 67.1 Å². The second kappa shape index (κ2) is 60.2. The van der Waals surface area contributed by atoms with Crippen molar-refractivity contribution in [1.82, 2.24) is 10.6 Å². The lowest BCUT2D eigenvalue weighted by molar-refractivity contribution is -0.386. The van der Waals surface area contributed by atoms with Crippen molar-refractivity contribution < 1.29 is 104 Å². The lowest BCUT2D eigenvalue weighted by Crippen LogP contribution is -2.70. The van der Waals surface area contributed by atoms with Gasteiger partial charge in [-0.2, -0.15) is 0 Å². The molecule has 3 heterocycles. The van der Waals surface area contributed by atoms with Gasteiger partial charge in [0.2, 0.25) is 11.8 Å². The Morgan fingerprint density at radius 2 is 0.894 bits per heavy atom. The molecule has 3 fully saturated rings. The molecule has 18 atom stereocenters. The third kappa shape index (κ3) is 39.9. The minimum Gasteiger partial charge on any atom is -0.477 e. The first-order valence-corrected chi connectivity index (χ1v) is 42.1. The van der Waals surface area contributed by atoms with Gasteiger partial charge in [-0.25, -0.2) is 4.79 Å². The number of amides is 2. The number of carboxylic acid groups (broad SMARTS) is 1. The topological polar surface area (TPSA) is 373 Å². The Bertz CT molecular complexity index is 2120. The van der Waals surface area contributed by atoms with E-state index in [2.05, 4.69) is 24.5 Å². The summed E-state index contributed by atoms with van der Waals surface area (Å²) >= 11 is 0. The van der Waals surface area contributed by atoms with Gasteiger partial charge >= 0.3 is 5.97 Å². The van der Waals surface area contributed by atoms with Crippen molar-refractivity contribution in [3.05, 3.63) is 12.2 Å². The third-order valence-electron chi connectivity index (χ3n) is 21.5. The second-order valence-corrected chi connectivity index (χ2v) is 30.7. The predicted octanol–water partition coefficient (Wildman–Crippen LogP) is 11.7. The maximum absolute atomic E-state index is 13.6. The highest BCUT2D eigenvalue weighted by atomic mass is 16.8. The van der Waals surface area contributed by atoms with Gasteiger partial charge in [0.15, 0.2) is 12.6 Å². The van der Waals surface area contributed by atoms with Crippen LogP contribution in [-0.2, 0) is 42.8 Å². The van der Waals surface area contributed by atoms with Crippen molar-refractivity contribution in [1.29, 1.82) is 0 Å². The summed E-state index contributed by atoms with van der Waals surface area (Å²) in [5.41, 5.74) is 0. The van der Waals surface area contributed by atoms with Crippen LogP contribution in [0.1, 0.15) is 348 Å². The van der Waals surface area contributed by atoms with Gasteiger partial charge in [-0.05, 0) is 19.3 Å². The first-order valence-electron chi connectivity index (χ1n) is 42.1. The summed E-state index contributed by atoms with van der Waals surface area (Å²) in [5.74, 6) is -6.13. The number of unbranched alkanes of at least 4 members (excludes halogenated alkanes) is 47. The van der Waals surface area contributed by atoms with E-state index in [0.717, 1.165) is 51.9 Å². The summed E-state index contributed by atoms with van der Waals surface area (Å²) in [5, 5.41) is 136. The van der Waals surface area contributed by atoms with Crippen molar-refractivity contribution in [3.63, 3.8) is 0 Å². The average Bonchev–Trinajstić information content (AvgIpc) is 0.756.